The van der Waals surface area contributed by atoms with E-state index < -0.39 is 11.7 Å². The molecule has 4 heteroatoms. The van der Waals surface area contributed by atoms with Crippen LogP contribution in [-0.2, 0) is 0 Å². The molecule has 2 aromatic carbocycles. The summed E-state index contributed by atoms with van der Waals surface area (Å²) >= 11 is 1.86. The minimum atomic E-state index is -0.624. The summed E-state index contributed by atoms with van der Waals surface area (Å²) in [6.45, 7) is 7.03. The largest absolute Gasteiger partial charge is 0.316 e. The third-order valence-electron chi connectivity index (χ3n) is 3.01. The molecular formula is C16H11FINO. The summed E-state index contributed by atoms with van der Waals surface area (Å²) in [6, 6.07) is 13.8. The molecule has 0 N–H and O–H groups in total. The Morgan fingerprint density at radius 2 is 1.90 bits per heavy atom. The first-order chi connectivity index (χ1) is 9.65. The molecule has 0 amide bonds. The van der Waals surface area contributed by atoms with Crippen LogP contribution in [0.2, 0.25) is 0 Å². The maximum atomic E-state index is 14.1. The molecule has 2 aromatic rings. The first-order valence-corrected chi connectivity index (χ1v) is 7.09. The predicted octanol–water partition coefficient (Wildman–Crippen LogP) is 4.32. The summed E-state index contributed by atoms with van der Waals surface area (Å²) in [5, 5.41) is 0. The highest BCUT2D eigenvalue weighted by atomic mass is 127. The molecule has 0 aliphatic carbocycles. The van der Waals surface area contributed by atoms with Crippen LogP contribution in [0.4, 0.5) is 4.39 Å². The molecule has 2 nitrogen and oxygen atoms in total. The van der Waals surface area contributed by atoms with Crippen molar-refractivity contribution in [2.24, 2.45) is 0 Å². The van der Waals surface area contributed by atoms with Gasteiger partial charge in [-0.15, -0.1) is 0 Å². The molecule has 1 atom stereocenters. The normalized spacial score (nSPS) is 11.7. The smallest absolute Gasteiger partial charge is 0.228 e. The van der Waals surface area contributed by atoms with Crippen LogP contribution in [0, 0.1) is 16.0 Å². The van der Waals surface area contributed by atoms with Gasteiger partial charge in [0.2, 0.25) is 6.54 Å². The molecule has 0 fully saturated rings. The van der Waals surface area contributed by atoms with Crippen molar-refractivity contribution in [1.29, 1.82) is 0 Å². The highest BCUT2D eigenvalue weighted by Gasteiger charge is 2.27. The number of carbonyl (C=O) groups excluding carboxylic acids is 1. The molecule has 0 heterocycles. The van der Waals surface area contributed by atoms with Crippen LogP contribution in [0.25, 0.3) is 4.85 Å². The summed E-state index contributed by atoms with van der Waals surface area (Å²) in [5.74, 6) is -1.48. The van der Waals surface area contributed by atoms with Gasteiger partial charge in [0.05, 0.1) is 5.56 Å². The molecule has 0 radical (unpaired) electrons. The van der Waals surface area contributed by atoms with E-state index in [1.165, 1.54) is 6.07 Å². The highest BCUT2D eigenvalue weighted by molar-refractivity contribution is 14.1. The Hall–Kier alpha value is -1.74. The fourth-order valence-electron chi connectivity index (χ4n) is 2.00. The minimum absolute atomic E-state index is 0.0216. The molecule has 0 aliphatic rings. The van der Waals surface area contributed by atoms with Crippen LogP contribution in [-0.4, -0.2) is 12.3 Å². The Balaban J connectivity index is 2.43. The Bertz CT molecular complexity index is 664. The minimum Gasteiger partial charge on any atom is -0.316 e. The summed E-state index contributed by atoms with van der Waals surface area (Å²) < 4.78 is 14.5. The van der Waals surface area contributed by atoms with Gasteiger partial charge in [-0.25, -0.2) is 11.0 Å². The molecule has 0 saturated carbocycles. The number of Topliss-reactive ketones (excluding diaryl/α,β-unsaturated/α-hetero) is 1. The van der Waals surface area contributed by atoms with Crippen molar-refractivity contribution in [3.8, 4) is 0 Å². The zero-order chi connectivity index (χ0) is 14.5. The summed E-state index contributed by atoms with van der Waals surface area (Å²) in [6.07, 6.45) is 0. The fraction of sp³-hybridized carbons (Fsp3) is 0.125. The van der Waals surface area contributed by atoms with Crippen LogP contribution in [0.5, 0.6) is 0 Å². The third-order valence-corrected chi connectivity index (χ3v) is 3.84. The number of rotatable bonds is 4. The first-order valence-electron chi connectivity index (χ1n) is 6.01. The second-order valence-electron chi connectivity index (χ2n) is 4.27. The Morgan fingerprint density at radius 1 is 1.20 bits per heavy atom. The molecule has 1 unspecified atom stereocenters. The molecule has 100 valence electrons. The number of benzene rings is 2. The molecule has 20 heavy (non-hydrogen) atoms. The number of hydrogen-bond donors (Lipinski definition) is 0. The van der Waals surface area contributed by atoms with Gasteiger partial charge < -0.3 is 4.85 Å². The lowest BCUT2D eigenvalue weighted by Gasteiger charge is -2.12. The van der Waals surface area contributed by atoms with E-state index in [-0.39, 0.29) is 17.9 Å². The Morgan fingerprint density at radius 3 is 2.55 bits per heavy atom. The van der Waals surface area contributed by atoms with E-state index >= 15 is 0 Å². The van der Waals surface area contributed by atoms with Crippen molar-refractivity contribution in [2.45, 2.75) is 5.92 Å². The molecule has 0 saturated heterocycles. The van der Waals surface area contributed by atoms with Gasteiger partial charge in [-0.1, -0.05) is 36.4 Å². The van der Waals surface area contributed by atoms with E-state index in [4.69, 9.17) is 6.57 Å². The molecular weight excluding hydrogens is 368 g/mol. The highest BCUT2D eigenvalue weighted by Crippen LogP contribution is 2.24. The lowest BCUT2D eigenvalue weighted by atomic mass is 9.90. The summed E-state index contributed by atoms with van der Waals surface area (Å²) in [7, 11) is 0. The standard InChI is InChI=1S/C16H11FINO/c1-19-10-13(11-6-3-2-4-7-11)16(20)12-8-5-9-14(18)15(12)17/h2-9,13H,10H2. The van der Waals surface area contributed by atoms with Crippen molar-refractivity contribution < 1.29 is 9.18 Å². The average Bonchev–Trinajstić information content (AvgIpc) is 2.48. The van der Waals surface area contributed by atoms with E-state index in [0.29, 0.717) is 3.57 Å². The molecule has 0 spiro atoms. The van der Waals surface area contributed by atoms with Gasteiger partial charge in [-0.3, -0.25) is 4.79 Å². The first kappa shape index (κ1) is 14.7. The van der Waals surface area contributed by atoms with Gasteiger partial charge in [0.1, 0.15) is 11.7 Å². The van der Waals surface area contributed by atoms with E-state index in [2.05, 4.69) is 4.85 Å². The van der Waals surface area contributed by atoms with Gasteiger partial charge in [0.15, 0.2) is 5.78 Å². The zero-order valence-electron chi connectivity index (χ0n) is 10.5. The van der Waals surface area contributed by atoms with Crippen molar-refractivity contribution >= 4 is 28.4 Å². The number of carbonyl (C=O) groups is 1. The topological polar surface area (TPSA) is 21.4 Å². The quantitative estimate of drug-likeness (QED) is 0.441. The number of halogens is 2. The lowest BCUT2D eigenvalue weighted by molar-refractivity contribution is 0.0961. The second-order valence-corrected chi connectivity index (χ2v) is 5.43. The van der Waals surface area contributed by atoms with Gasteiger partial charge in [-0.2, -0.15) is 0 Å². The van der Waals surface area contributed by atoms with E-state index in [1.54, 1.807) is 24.3 Å². The van der Waals surface area contributed by atoms with E-state index in [9.17, 15) is 9.18 Å². The van der Waals surface area contributed by atoms with Gasteiger partial charge in [0, 0.05) is 3.57 Å². The molecule has 0 aromatic heterocycles. The van der Waals surface area contributed by atoms with Crippen molar-refractivity contribution in [1.82, 2.24) is 0 Å². The third kappa shape index (κ3) is 3.05. The SMILES string of the molecule is [C-]#[N+]CC(C(=O)c1cccc(I)c1F)c1ccccc1. The van der Waals surface area contributed by atoms with Crippen molar-refractivity contribution in [2.75, 3.05) is 6.54 Å². The van der Waals surface area contributed by atoms with Crippen molar-refractivity contribution in [3.63, 3.8) is 0 Å². The summed E-state index contributed by atoms with van der Waals surface area (Å²) in [4.78, 5) is 15.8. The van der Waals surface area contributed by atoms with Crippen LogP contribution in [0.1, 0.15) is 21.8 Å². The maximum absolute atomic E-state index is 14.1. The van der Waals surface area contributed by atoms with Crippen LogP contribution in [0.3, 0.4) is 0 Å². The summed E-state index contributed by atoms with van der Waals surface area (Å²) in [5.41, 5.74) is 0.793. The molecule has 0 aliphatic heterocycles. The number of nitrogens with zero attached hydrogens (tertiary/aromatic N) is 1. The number of hydrogen-bond acceptors (Lipinski definition) is 1. The molecule has 0 bridgehead atoms. The zero-order valence-corrected chi connectivity index (χ0v) is 12.7. The van der Waals surface area contributed by atoms with Gasteiger partial charge in [0.25, 0.3) is 0 Å². The monoisotopic (exact) mass is 379 g/mol. The second kappa shape index (κ2) is 6.62. The van der Waals surface area contributed by atoms with Gasteiger partial charge in [-0.05, 0) is 40.3 Å². The lowest BCUT2D eigenvalue weighted by Crippen LogP contribution is -2.17. The van der Waals surface area contributed by atoms with Crippen molar-refractivity contribution in [3.05, 3.63) is 80.5 Å². The Labute approximate surface area is 130 Å². The van der Waals surface area contributed by atoms with Crippen LogP contribution < -0.4 is 0 Å². The predicted molar refractivity (Wildman–Crippen MR) is 84.1 cm³/mol. The average molecular weight is 379 g/mol. The van der Waals surface area contributed by atoms with E-state index in [0.717, 1.165) is 5.56 Å². The van der Waals surface area contributed by atoms with Gasteiger partial charge >= 0.3 is 0 Å². The maximum Gasteiger partial charge on any atom is 0.228 e. The number of ketones is 1. The van der Waals surface area contributed by atoms with Crippen LogP contribution in [0.15, 0.2) is 48.5 Å². The van der Waals surface area contributed by atoms with E-state index in [1.807, 2.05) is 40.8 Å². The van der Waals surface area contributed by atoms with Crippen LogP contribution >= 0.6 is 22.6 Å². The fourth-order valence-corrected chi connectivity index (χ4v) is 2.50. The molecule has 2 rings (SSSR count). The Kier molecular flexibility index (Phi) is 4.85.